The molecule has 2 atom stereocenters. The van der Waals surface area contributed by atoms with Crippen molar-refractivity contribution in [3.05, 3.63) is 60.0 Å². The van der Waals surface area contributed by atoms with Crippen LogP contribution in [0.2, 0.25) is 0 Å². The van der Waals surface area contributed by atoms with Crippen LogP contribution in [0.15, 0.2) is 53.1 Å². The van der Waals surface area contributed by atoms with Crippen LogP contribution < -0.4 is 10.1 Å². The molecule has 1 saturated heterocycles. The second kappa shape index (κ2) is 7.95. The Bertz CT molecular complexity index is 1000. The Morgan fingerprint density at radius 3 is 2.76 bits per heavy atom. The smallest absolute Gasteiger partial charge is 0.321 e. The molecule has 0 aliphatic carbocycles. The van der Waals surface area contributed by atoms with E-state index in [4.69, 9.17) is 9.26 Å². The van der Waals surface area contributed by atoms with E-state index in [-0.39, 0.29) is 17.9 Å². The van der Waals surface area contributed by atoms with Crippen LogP contribution in [0.5, 0.6) is 5.75 Å². The number of urea groups is 1. The van der Waals surface area contributed by atoms with Crippen LogP contribution in [0.1, 0.15) is 24.3 Å². The van der Waals surface area contributed by atoms with Gasteiger partial charge >= 0.3 is 6.03 Å². The van der Waals surface area contributed by atoms with Crippen LogP contribution in [-0.4, -0.2) is 41.3 Å². The lowest BCUT2D eigenvalue weighted by atomic mass is 9.98. The lowest BCUT2D eigenvalue weighted by molar-refractivity contribution is 0.220. The SMILES string of the molecule is COc1ccc(C)cc1NC(=O)N1C[C@H](c2nc(-c3ccccc3)no2)[C@@H](C)C1. The molecule has 29 heavy (non-hydrogen) atoms. The van der Waals surface area contributed by atoms with Crippen molar-refractivity contribution in [2.75, 3.05) is 25.5 Å². The maximum atomic E-state index is 12.8. The van der Waals surface area contributed by atoms with Crippen molar-refractivity contribution < 1.29 is 14.1 Å². The van der Waals surface area contributed by atoms with Crippen LogP contribution in [0, 0.1) is 12.8 Å². The molecular weight excluding hydrogens is 368 g/mol. The number of anilines is 1. The van der Waals surface area contributed by atoms with Gasteiger partial charge in [0.25, 0.3) is 0 Å². The van der Waals surface area contributed by atoms with E-state index in [1.165, 1.54) is 0 Å². The van der Waals surface area contributed by atoms with Gasteiger partial charge in [-0.3, -0.25) is 0 Å². The molecule has 7 heteroatoms. The lowest BCUT2D eigenvalue weighted by Gasteiger charge is -2.18. The van der Waals surface area contributed by atoms with E-state index in [0.29, 0.717) is 36.2 Å². The molecule has 0 bridgehead atoms. The molecule has 2 heterocycles. The number of carbonyl (C=O) groups excluding carboxylic acids is 1. The van der Waals surface area contributed by atoms with Crippen molar-refractivity contribution in [1.82, 2.24) is 15.0 Å². The summed E-state index contributed by atoms with van der Waals surface area (Å²) >= 11 is 0. The minimum absolute atomic E-state index is 0.00474. The van der Waals surface area contributed by atoms with Crippen molar-refractivity contribution in [3.63, 3.8) is 0 Å². The Hall–Kier alpha value is -3.35. The molecule has 1 aromatic heterocycles. The predicted octanol–water partition coefficient (Wildman–Crippen LogP) is 4.32. The van der Waals surface area contributed by atoms with Gasteiger partial charge in [-0.25, -0.2) is 4.79 Å². The molecule has 0 unspecified atom stereocenters. The number of carbonyl (C=O) groups is 1. The fourth-order valence-corrected chi connectivity index (χ4v) is 3.66. The number of nitrogens with one attached hydrogen (secondary N) is 1. The van der Waals surface area contributed by atoms with E-state index in [9.17, 15) is 4.79 Å². The van der Waals surface area contributed by atoms with E-state index < -0.39 is 0 Å². The summed E-state index contributed by atoms with van der Waals surface area (Å²) in [6, 6.07) is 15.3. The number of methoxy groups -OCH3 is 1. The van der Waals surface area contributed by atoms with Crippen LogP contribution in [0.4, 0.5) is 10.5 Å². The quantitative estimate of drug-likeness (QED) is 0.715. The molecule has 1 aliphatic rings. The molecule has 3 aromatic rings. The van der Waals surface area contributed by atoms with Gasteiger partial charge < -0.3 is 19.5 Å². The van der Waals surface area contributed by atoms with Gasteiger partial charge in [0.2, 0.25) is 11.7 Å². The van der Waals surface area contributed by atoms with Gasteiger partial charge in [0.15, 0.2) is 0 Å². The minimum atomic E-state index is -0.161. The molecule has 1 aliphatic heterocycles. The highest BCUT2D eigenvalue weighted by Gasteiger charge is 2.37. The number of nitrogens with zero attached hydrogens (tertiary/aromatic N) is 3. The molecule has 0 saturated carbocycles. The summed E-state index contributed by atoms with van der Waals surface area (Å²) in [6.45, 7) is 5.21. The number of hydrogen-bond acceptors (Lipinski definition) is 5. The summed E-state index contributed by atoms with van der Waals surface area (Å²) in [5, 5.41) is 7.08. The van der Waals surface area contributed by atoms with Crippen LogP contribution >= 0.6 is 0 Å². The summed E-state index contributed by atoms with van der Waals surface area (Å²) in [5.74, 6) is 1.99. The van der Waals surface area contributed by atoms with Crippen molar-refractivity contribution in [2.45, 2.75) is 19.8 Å². The van der Waals surface area contributed by atoms with E-state index in [0.717, 1.165) is 11.1 Å². The Morgan fingerprint density at radius 2 is 2.00 bits per heavy atom. The third-order valence-electron chi connectivity index (χ3n) is 5.29. The molecular formula is C22H24N4O3. The molecule has 1 N–H and O–H groups in total. The number of amides is 2. The van der Waals surface area contributed by atoms with Gasteiger partial charge in [-0.1, -0.05) is 48.5 Å². The number of aryl methyl sites for hydroxylation is 1. The molecule has 150 valence electrons. The maximum Gasteiger partial charge on any atom is 0.321 e. The second-order valence-corrected chi connectivity index (χ2v) is 7.44. The Morgan fingerprint density at radius 1 is 1.21 bits per heavy atom. The fraction of sp³-hybridized carbons (Fsp3) is 0.318. The fourth-order valence-electron chi connectivity index (χ4n) is 3.66. The molecule has 2 amide bonds. The van der Waals surface area contributed by atoms with Crippen LogP contribution in [0.25, 0.3) is 11.4 Å². The first-order valence-corrected chi connectivity index (χ1v) is 9.64. The summed E-state index contributed by atoms with van der Waals surface area (Å²) < 4.78 is 10.9. The largest absolute Gasteiger partial charge is 0.495 e. The summed E-state index contributed by atoms with van der Waals surface area (Å²) in [7, 11) is 1.59. The molecule has 7 nitrogen and oxygen atoms in total. The normalized spacial score (nSPS) is 18.7. The average Bonchev–Trinajstić information content (AvgIpc) is 3.35. The zero-order chi connectivity index (χ0) is 20.4. The molecule has 0 radical (unpaired) electrons. The first-order valence-electron chi connectivity index (χ1n) is 9.64. The average molecular weight is 392 g/mol. The minimum Gasteiger partial charge on any atom is -0.495 e. The number of likely N-dealkylation sites (tertiary alicyclic amines) is 1. The highest BCUT2D eigenvalue weighted by molar-refractivity contribution is 5.91. The van der Waals surface area contributed by atoms with Crippen molar-refractivity contribution in [1.29, 1.82) is 0 Å². The number of rotatable bonds is 4. The van der Waals surface area contributed by atoms with Crippen LogP contribution in [-0.2, 0) is 0 Å². The number of ether oxygens (including phenoxy) is 1. The topological polar surface area (TPSA) is 80.5 Å². The number of hydrogen-bond donors (Lipinski definition) is 1. The van der Waals surface area contributed by atoms with Gasteiger partial charge in [-0.05, 0) is 30.5 Å². The van der Waals surface area contributed by atoms with Crippen LogP contribution in [0.3, 0.4) is 0 Å². The molecule has 4 rings (SSSR count). The van der Waals surface area contributed by atoms with Gasteiger partial charge in [-0.2, -0.15) is 4.98 Å². The Kier molecular flexibility index (Phi) is 5.20. The van der Waals surface area contributed by atoms with E-state index in [1.807, 2.05) is 55.5 Å². The summed E-state index contributed by atoms with van der Waals surface area (Å²) in [6.07, 6.45) is 0. The third kappa shape index (κ3) is 3.94. The van der Waals surface area contributed by atoms with Crippen molar-refractivity contribution in [3.8, 4) is 17.1 Å². The number of aromatic nitrogens is 2. The third-order valence-corrected chi connectivity index (χ3v) is 5.29. The Labute approximate surface area is 169 Å². The van der Waals surface area contributed by atoms with Gasteiger partial charge in [0.1, 0.15) is 5.75 Å². The van der Waals surface area contributed by atoms with Gasteiger partial charge in [0, 0.05) is 18.7 Å². The maximum absolute atomic E-state index is 12.8. The highest BCUT2D eigenvalue weighted by Crippen LogP contribution is 2.33. The van der Waals surface area contributed by atoms with E-state index in [2.05, 4.69) is 22.4 Å². The van der Waals surface area contributed by atoms with Gasteiger partial charge in [-0.15, -0.1) is 0 Å². The van der Waals surface area contributed by atoms with E-state index in [1.54, 1.807) is 12.0 Å². The second-order valence-electron chi connectivity index (χ2n) is 7.44. The molecule has 2 aromatic carbocycles. The number of benzene rings is 2. The monoisotopic (exact) mass is 392 g/mol. The van der Waals surface area contributed by atoms with Crippen molar-refractivity contribution in [2.24, 2.45) is 5.92 Å². The molecule has 0 spiro atoms. The van der Waals surface area contributed by atoms with Gasteiger partial charge in [0.05, 0.1) is 18.7 Å². The zero-order valence-corrected chi connectivity index (χ0v) is 16.8. The Balaban J connectivity index is 1.47. The first-order chi connectivity index (χ1) is 14.0. The first kappa shape index (κ1) is 19.0. The summed E-state index contributed by atoms with van der Waals surface area (Å²) in [4.78, 5) is 19.2. The predicted molar refractivity (Wildman–Crippen MR) is 110 cm³/mol. The zero-order valence-electron chi connectivity index (χ0n) is 16.8. The standard InChI is InChI=1S/C22H24N4O3/c1-14-9-10-19(28-3)18(11-14)23-22(27)26-12-15(2)17(13-26)21-24-20(25-29-21)16-7-5-4-6-8-16/h4-11,15,17H,12-13H2,1-3H3,(H,23,27)/t15-,17-/m0/s1. The van der Waals surface area contributed by atoms with Crippen molar-refractivity contribution >= 4 is 11.7 Å². The molecule has 1 fully saturated rings. The lowest BCUT2D eigenvalue weighted by Crippen LogP contribution is -2.33. The summed E-state index contributed by atoms with van der Waals surface area (Å²) in [5.41, 5.74) is 2.63. The van der Waals surface area contributed by atoms with E-state index >= 15 is 0 Å². The highest BCUT2D eigenvalue weighted by atomic mass is 16.5.